The molecule has 1 aromatic carbocycles. The summed E-state index contributed by atoms with van der Waals surface area (Å²) in [5, 5.41) is 8.79. The molecule has 1 aliphatic rings. The lowest BCUT2D eigenvalue weighted by Crippen LogP contribution is -2.52. The van der Waals surface area contributed by atoms with Crippen LogP contribution in [0.4, 0.5) is 8.78 Å². The molecule has 0 amide bonds. The molecule has 8 heteroatoms. The van der Waals surface area contributed by atoms with Gasteiger partial charge in [0.2, 0.25) is 10.0 Å². The molecule has 1 heterocycles. The van der Waals surface area contributed by atoms with Crippen molar-refractivity contribution in [3.63, 3.8) is 0 Å². The van der Waals surface area contributed by atoms with E-state index in [1.165, 1.54) is 12.1 Å². The van der Waals surface area contributed by atoms with Crippen LogP contribution in [-0.2, 0) is 21.2 Å². The maximum Gasteiger partial charge on any atom is 0.312 e. The van der Waals surface area contributed by atoms with E-state index in [-0.39, 0.29) is 11.4 Å². The third kappa shape index (κ3) is 3.12. The van der Waals surface area contributed by atoms with Gasteiger partial charge in [-0.25, -0.2) is 17.2 Å². The van der Waals surface area contributed by atoms with E-state index in [9.17, 15) is 22.0 Å². The summed E-state index contributed by atoms with van der Waals surface area (Å²) >= 11 is 0. The molecule has 0 radical (unpaired) electrons. The van der Waals surface area contributed by atoms with Crippen LogP contribution in [0.3, 0.4) is 0 Å². The van der Waals surface area contributed by atoms with Crippen molar-refractivity contribution in [3.05, 3.63) is 29.8 Å². The zero-order valence-electron chi connectivity index (χ0n) is 12.0. The predicted octanol–water partition coefficient (Wildman–Crippen LogP) is 1.98. The van der Waals surface area contributed by atoms with Crippen molar-refractivity contribution in [3.8, 4) is 0 Å². The van der Waals surface area contributed by atoms with E-state index in [2.05, 4.69) is 0 Å². The summed E-state index contributed by atoms with van der Waals surface area (Å²) in [7, 11) is -4.05. The van der Waals surface area contributed by atoms with Gasteiger partial charge in [0.1, 0.15) is 5.92 Å². The first-order valence-corrected chi connectivity index (χ1v) is 8.32. The number of rotatable bonds is 4. The molecule has 1 aromatic rings. The molecule has 0 bridgehead atoms. The summed E-state index contributed by atoms with van der Waals surface area (Å²) < 4.78 is 53.1. The highest BCUT2D eigenvalue weighted by Crippen LogP contribution is 2.35. The molecule has 0 aliphatic carbocycles. The zero-order valence-corrected chi connectivity index (χ0v) is 12.8. The van der Waals surface area contributed by atoms with Crippen molar-refractivity contribution < 1.29 is 27.1 Å². The lowest BCUT2D eigenvalue weighted by atomic mass is 9.94. The molecule has 22 heavy (non-hydrogen) atoms. The number of aliphatic carboxylic acids is 1. The minimum Gasteiger partial charge on any atom is -0.481 e. The van der Waals surface area contributed by atoms with Gasteiger partial charge < -0.3 is 5.11 Å². The fourth-order valence-electron chi connectivity index (χ4n) is 2.46. The van der Waals surface area contributed by atoms with Gasteiger partial charge in [0.25, 0.3) is 5.92 Å². The number of benzene rings is 1. The van der Waals surface area contributed by atoms with Gasteiger partial charge >= 0.3 is 5.97 Å². The standard InChI is InChI=1S/C14H17F2NO4S/c1-2-10-3-5-11(6-4-10)22(20,21)17-8-7-12(13(18)19)14(15,16)9-17/h3-6,12H,2,7-9H2,1H3,(H,18,19). The number of carbonyl (C=O) groups is 1. The monoisotopic (exact) mass is 333 g/mol. The number of nitrogens with zero attached hydrogens (tertiary/aromatic N) is 1. The lowest BCUT2D eigenvalue weighted by molar-refractivity contribution is -0.163. The molecule has 1 atom stereocenters. The molecule has 2 rings (SSSR count). The number of alkyl halides is 2. The van der Waals surface area contributed by atoms with Gasteiger partial charge in [-0.15, -0.1) is 0 Å². The molecule has 0 spiro atoms. The van der Waals surface area contributed by atoms with E-state index in [4.69, 9.17) is 5.11 Å². The summed E-state index contributed by atoms with van der Waals surface area (Å²) in [5.41, 5.74) is 0.939. The Labute approximate surface area is 127 Å². The average molecular weight is 333 g/mol. The Morgan fingerprint density at radius 2 is 1.95 bits per heavy atom. The fraction of sp³-hybridized carbons (Fsp3) is 0.500. The highest BCUT2D eigenvalue weighted by molar-refractivity contribution is 7.89. The SMILES string of the molecule is CCc1ccc(S(=O)(=O)N2CCC(C(=O)O)C(F)(F)C2)cc1. The van der Waals surface area contributed by atoms with E-state index in [1.807, 2.05) is 6.92 Å². The summed E-state index contributed by atoms with van der Waals surface area (Å²) in [4.78, 5) is 10.8. The molecule has 122 valence electrons. The lowest BCUT2D eigenvalue weighted by Gasteiger charge is -2.35. The van der Waals surface area contributed by atoms with Crippen molar-refractivity contribution >= 4 is 16.0 Å². The Hall–Kier alpha value is -1.54. The Morgan fingerprint density at radius 3 is 2.41 bits per heavy atom. The topological polar surface area (TPSA) is 74.7 Å². The molecule has 1 unspecified atom stereocenters. The van der Waals surface area contributed by atoms with Crippen LogP contribution in [0.2, 0.25) is 0 Å². The average Bonchev–Trinajstić information content (AvgIpc) is 2.45. The van der Waals surface area contributed by atoms with Crippen LogP contribution in [0.5, 0.6) is 0 Å². The number of hydrogen-bond donors (Lipinski definition) is 1. The Morgan fingerprint density at radius 1 is 1.36 bits per heavy atom. The van der Waals surface area contributed by atoms with Crippen molar-refractivity contribution in [1.82, 2.24) is 4.31 Å². The molecular weight excluding hydrogens is 316 g/mol. The maximum atomic E-state index is 13.8. The number of piperidine rings is 1. The van der Waals surface area contributed by atoms with Gasteiger partial charge in [-0.2, -0.15) is 4.31 Å². The summed E-state index contributed by atoms with van der Waals surface area (Å²) in [6.07, 6.45) is 0.330. The van der Waals surface area contributed by atoms with Crippen LogP contribution in [0, 0.1) is 5.92 Å². The predicted molar refractivity (Wildman–Crippen MR) is 75.3 cm³/mol. The molecule has 1 aliphatic heterocycles. The number of hydrogen-bond acceptors (Lipinski definition) is 3. The molecule has 1 saturated heterocycles. The second-order valence-electron chi connectivity index (χ2n) is 5.28. The number of carboxylic acids is 1. The molecule has 0 aromatic heterocycles. The number of sulfonamides is 1. The highest BCUT2D eigenvalue weighted by Gasteiger charge is 2.51. The minimum absolute atomic E-state index is 0.0609. The van der Waals surface area contributed by atoms with Gasteiger partial charge in [-0.3, -0.25) is 4.79 Å². The van der Waals surface area contributed by atoms with Crippen LogP contribution in [0.15, 0.2) is 29.2 Å². The van der Waals surface area contributed by atoms with Crippen LogP contribution in [-0.4, -0.2) is 42.8 Å². The third-order valence-electron chi connectivity index (χ3n) is 3.83. The smallest absolute Gasteiger partial charge is 0.312 e. The second-order valence-corrected chi connectivity index (χ2v) is 7.21. The van der Waals surface area contributed by atoms with E-state index in [1.54, 1.807) is 12.1 Å². The zero-order chi connectivity index (χ0) is 16.5. The van der Waals surface area contributed by atoms with Gasteiger partial charge in [0, 0.05) is 6.54 Å². The third-order valence-corrected chi connectivity index (χ3v) is 5.69. The van der Waals surface area contributed by atoms with Crippen LogP contribution in [0.1, 0.15) is 18.9 Å². The first-order valence-electron chi connectivity index (χ1n) is 6.88. The maximum absolute atomic E-state index is 13.8. The van der Waals surface area contributed by atoms with Gasteiger partial charge in [-0.1, -0.05) is 19.1 Å². The van der Waals surface area contributed by atoms with Crippen molar-refractivity contribution in [2.75, 3.05) is 13.1 Å². The minimum atomic E-state index is -4.05. The van der Waals surface area contributed by atoms with Crippen LogP contribution >= 0.6 is 0 Å². The Kier molecular flexibility index (Phi) is 4.53. The molecular formula is C14H17F2NO4S. The number of aryl methyl sites for hydroxylation is 1. The van der Waals surface area contributed by atoms with Gasteiger partial charge in [-0.05, 0) is 30.5 Å². The largest absolute Gasteiger partial charge is 0.481 e. The fourth-order valence-corrected chi connectivity index (χ4v) is 3.93. The van der Waals surface area contributed by atoms with Gasteiger partial charge in [0.15, 0.2) is 0 Å². The molecule has 1 fully saturated rings. The Bertz CT molecular complexity index is 658. The number of halogens is 2. The second kappa shape index (κ2) is 5.92. The van der Waals surface area contributed by atoms with E-state index >= 15 is 0 Å². The van der Waals surface area contributed by atoms with E-state index < -0.39 is 40.8 Å². The van der Waals surface area contributed by atoms with Crippen molar-refractivity contribution in [2.24, 2.45) is 5.92 Å². The van der Waals surface area contributed by atoms with E-state index in [0.717, 1.165) is 12.0 Å². The van der Waals surface area contributed by atoms with E-state index in [0.29, 0.717) is 4.31 Å². The van der Waals surface area contributed by atoms with Crippen molar-refractivity contribution in [1.29, 1.82) is 0 Å². The quantitative estimate of drug-likeness (QED) is 0.914. The summed E-state index contributed by atoms with van der Waals surface area (Å²) in [5.74, 6) is -7.03. The summed E-state index contributed by atoms with van der Waals surface area (Å²) in [6.45, 7) is 0.576. The van der Waals surface area contributed by atoms with Gasteiger partial charge in [0.05, 0.1) is 11.4 Å². The Balaban J connectivity index is 2.25. The van der Waals surface area contributed by atoms with Crippen molar-refractivity contribution in [2.45, 2.75) is 30.6 Å². The molecule has 1 N–H and O–H groups in total. The summed E-state index contributed by atoms with van der Waals surface area (Å²) in [6, 6.07) is 6.04. The highest BCUT2D eigenvalue weighted by atomic mass is 32.2. The first kappa shape index (κ1) is 16.8. The number of carboxylic acid groups (broad SMARTS) is 1. The normalized spacial score (nSPS) is 22.4. The first-order chi connectivity index (χ1) is 10.2. The van der Waals surface area contributed by atoms with Crippen LogP contribution in [0.25, 0.3) is 0 Å². The molecule has 5 nitrogen and oxygen atoms in total. The van der Waals surface area contributed by atoms with Crippen LogP contribution < -0.4 is 0 Å². The molecule has 0 saturated carbocycles.